The molecule has 0 spiro atoms. The highest BCUT2D eigenvalue weighted by Crippen LogP contribution is 2.15. The summed E-state index contributed by atoms with van der Waals surface area (Å²) < 4.78 is 0. The van der Waals surface area contributed by atoms with Gasteiger partial charge < -0.3 is 25.8 Å². The Kier molecular flexibility index (Phi) is 7.62. The number of anilines is 2. The molecule has 0 atom stereocenters. The number of aryl methyl sites for hydroxylation is 1. The Morgan fingerprint density at radius 2 is 1.83 bits per heavy atom. The molecule has 0 bridgehead atoms. The predicted molar refractivity (Wildman–Crippen MR) is 119 cm³/mol. The van der Waals surface area contributed by atoms with Gasteiger partial charge in [-0.2, -0.15) is 0 Å². The standard InChI is InChI=1S/C22H30N6O2/c1-3-18-6-4-5-7-19(18)26-21(29)16-25-22(30)24-15-17-8-9-23-20(14-17)28-12-10-27(2)11-13-28/h4-9,14H,3,10-13,15-16H2,1-2H3,(H,26,29)(H2,24,25,30). The Hall–Kier alpha value is -3.13. The summed E-state index contributed by atoms with van der Waals surface area (Å²) in [5.74, 6) is 0.670. The summed E-state index contributed by atoms with van der Waals surface area (Å²) in [6.45, 7) is 6.22. The average Bonchev–Trinajstić information content (AvgIpc) is 2.77. The Morgan fingerprint density at radius 3 is 2.60 bits per heavy atom. The number of nitrogens with one attached hydrogen (secondary N) is 3. The van der Waals surface area contributed by atoms with Gasteiger partial charge in [0, 0.05) is 44.6 Å². The number of amides is 3. The third-order valence-corrected chi connectivity index (χ3v) is 5.17. The zero-order chi connectivity index (χ0) is 21.3. The van der Waals surface area contributed by atoms with Crippen molar-refractivity contribution in [3.63, 3.8) is 0 Å². The number of pyridine rings is 1. The van der Waals surface area contributed by atoms with Crippen LogP contribution in [0.15, 0.2) is 42.6 Å². The zero-order valence-electron chi connectivity index (χ0n) is 17.6. The van der Waals surface area contributed by atoms with E-state index in [9.17, 15) is 9.59 Å². The fraction of sp³-hybridized carbons (Fsp3) is 0.409. The van der Waals surface area contributed by atoms with Gasteiger partial charge in [-0.05, 0) is 42.8 Å². The summed E-state index contributed by atoms with van der Waals surface area (Å²) in [7, 11) is 2.12. The van der Waals surface area contributed by atoms with Crippen molar-refractivity contribution in [2.45, 2.75) is 19.9 Å². The highest BCUT2D eigenvalue weighted by molar-refractivity contribution is 5.94. The maximum absolute atomic E-state index is 12.1. The first-order valence-electron chi connectivity index (χ1n) is 10.3. The molecule has 8 heteroatoms. The second kappa shape index (κ2) is 10.6. The van der Waals surface area contributed by atoms with Crippen LogP contribution in [0.5, 0.6) is 0 Å². The fourth-order valence-electron chi connectivity index (χ4n) is 3.33. The van der Waals surface area contributed by atoms with Crippen molar-refractivity contribution in [2.24, 2.45) is 0 Å². The zero-order valence-corrected chi connectivity index (χ0v) is 17.6. The second-order valence-corrected chi connectivity index (χ2v) is 7.41. The number of urea groups is 1. The summed E-state index contributed by atoms with van der Waals surface area (Å²) in [6, 6.07) is 11.1. The van der Waals surface area contributed by atoms with Gasteiger partial charge in [0.25, 0.3) is 0 Å². The van der Waals surface area contributed by atoms with Crippen molar-refractivity contribution < 1.29 is 9.59 Å². The molecule has 2 heterocycles. The number of nitrogens with zero attached hydrogens (tertiary/aromatic N) is 3. The van der Waals surface area contributed by atoms with E-state index in [1.165, 1.54) is 0 Å². The summed E-state index contributed by atoms with van der Waals surface area (Å²) in [5.41, 5.74) is 2.81. The van der Waals surface area contributed by atoms with Gasteiger partial charge in [0.2, 0.25) is 5.91 Å². The number of para-hydroxylation sites is 1. The van der Waals surface area contributed by atoms with Crippen molar-refractivity contribution in [1.29, 1.82) is 0 Å². The topological polar surface area (TPSA) is 89.6 Å². The predicted octanol–water partition coefficient (Wildman–Crippen LogP) is 1.83. The van der Waals surface area contributed by atoms with Crippen LogP contribution in [0.25, 0.3) is 0 Å². The van der Waals surface area contributed by atoms with Crippen LogP contribution in [-0.2, 0) is 17.8 Å². The maximum Gasteiger partial charge on any atom is 0.315 e. The molecule has 2 aromatic rings. The molecule has 1 aliphatic heterocycles. The Bertz CT molecular complexity index is 864. The number of aromatic nitrogens is 1. The Labute approximate surface area is 177 Å². The van der Waals surface area contributed by atoms with E-state index < -0.39 is 0 Å². The van der Waals surface area contributed by atoms with Gasteiger partial charge in [-0.3, -0.25) is 4.79 Å². The summed E-state index contributed by atoms with van der Waals surface area (Å²) >= 11 is 0. The van der Waals surface area contributed by atoms with Crippen molar-refractivity contribution in [1.82, 2.24) is 20.5 Å². The monoisotopic (exact) mass is 410 g/mol. The number of rotatable bonds is 7. The largest absolute Gasteiger partial charge is 0.354 e. The first-order chi connectivity index (χ1) is 14.5. The van der Waals surface area contributed by atoms with E-state index >= 15 is 0 Å². The quantitative estimate of drug-likeness (QED) is 0.648. The maximum atomic E-state index is 12.1. The minimum Gasteiger partial charge on any atom is -0.354 e. The van der Waals surface area contributed by atoms with E-state index in [2.05, 4.69) is 37.8 Å². The van der Waals surface area contributed by atoms with Crippen LogP contribution in [0.3, 0.4) is 0 Å². The van der Waals surface area contributed by atoms with E-state index in [0.717, 1.165) is 55.2 Å². The molecular weight excluding hydrogens is 380 g/mol. The van der Waals surface area contributed by atoms with E-state index in [4.69, 9.17) is 0 Å². The molecule has 1 aromatic carbocycles. The molecule has 1 saturated heterocycles. The number of carbonyl (C=O) groups excluding carboxylic acids is 2. The smallest absolute Gasteiger partial charge is 0.315 e. The molecule has 0 aliphatic carbocycles. The normalized spacial score (nSPS) is 14.3. The van der Waals surface area contributed by atoms with E-state index in [0.29, 0.717) is 6.54 Å². The number of likely N-dealkylation sites (N-methyl/N-ethyl adjacent to an activating group) is 1. The second-order valence-electron chi connectivity index (χ2n) is 7.41. The molecule has 30 heavy (non-hydrogen) atoms. The van der Waals surface area contributed by atoms with Crippen LogP contribution in [0, 0.1) is 0 Å². The van der Waals surface area contributed by atoms with E-state index in [1.54, 1.807) is 6.20 Å². The van der Waals surface area contributed by atoms with Crippen molar-refractivity contribution in [2.75, 3.05) is 50.0 Å². The van der Waals surface area contributed by atoms with Crippen molar-refractivity contribution in [3.8, 4) is 0 Å². The Balaban J connectivity index is 1.43. The molecule has 1 aliphatic rings. The molecule has 3 amide bonds. The SMILES string of the molecule is CCc1ccccc1NC(=O)CNC(=O)NCc1ccnc(N2CCN(C)CC2)c1. The summed E-state index contributed by atoms with van der Waals surface area (Å²) in [6.07, 6.45) is 2.59. The van der Waals surface area contributed by atoms with Crippen molar-refractivity contribution in [3.05, 3.63) is 53.7 Å². The lowest BCUT2D eigenvalue weighted by atomic mass is 10.1. The molecule has 0 radical (unpaired) electrons. The lowest BCUT2D eigenvalue weighted by Gasteiger charge is -2.33. The number of benzene rings is 1. The van der Waals surface area contributed by atoms with Gasteiger partial charge in [-0.25, -0.2) is 9.78 Å². The van der Waals surface area contributed by atoms with E-state index in [-0.39, 0.29) is 18.5 Å². The van der Waals surface area contributed by atoms with Gasteiger partial charge in [0.05, 0.1) is 6.54 Å². The lowest BCUT2D eigenvalue weighted by Crippen LogP contribution is -2.44. The average molecular weight is 411 g/mol. The van der Waals surface area contributed by atoms with Gasteiger partial charge in [0.15, 0.2) is 0 Å². The molecule has 8 nitrogen and oxygen atoms in total. The number of hydrogen-bond acceptors (Lipinski definition) is 5. The summed E-state index contributed by atoms with van der Waals surface area (Å²) in [5, 5.41) is 8.23. The van der Waals surface area contributed by atoms with Crippen molar-refractivity contribution >= 4 is 23.4 Å². The van der Waals surface area contributed by atoms with Gasteiger partial charge in [-0.15, -0.1) is 0 Å². The molecule has 1 aromatic heterocycles. The molecule has 0 unspecified atom stereocenters. The van der Waals surface area contributed by atoms with Gasteiger partial charge in [-0.1, -0.05) is 25.1 Å². The number of piperazine rings is 1. The highest BCUT2D eigenvalue weighted by Gasteiger charge is 2.15. The van der Waals surface area contributed by atoms with Crippen LogP contribution in [0.4, 0.5) is 16.3 Å². The molecule has 3 N–H and O–H groups in total. The van der Waals surface area contributed by atoms with Crippen LogP contribution in [-0.4, -0.2) is 61.6 Å². The molecule has 1 fully saturated rings. The minimum absolute atomic E-state index is 0.0905. The lowest BCUT2D eigenvalue weighted by molar-refractivity contribution is -0.115. The fourth-order valence-corrected chi connectivity index (χ4v) is 3.33. The molecule has 3 rings (SSSR count). The van der Waals surface area contributed by atoms with Gasteiger partial charge >= 0.3 is 6.03 Å². The van der Waals surface area contributed by atoms with Gasteiger partial charge in [0.1, 0.15) is 5.82 Å². The number of carbonyl (C=O) groups is 2. The first kappa shape index (κ1) is 21.6. The third-order valence-electron chi connectivity index (χ3n) is 5.17. The van der Waals surface area contributed by atoms with Crippen LogP contribution < -0.4 is 20.9 Å². The molecular formula is C22H30N6O2. The highest BCUT2D eigenvalue weighted by atomic mass is 16.2. The van der Waals surface area contributed by atoms with Crippen LogP contribution >= 0.6 is 0 Å². The third kappa shape index (κ3) is 6.18. The summed E-state index contributed by atoms with van der Waals surface area (Å²) in [4.78, 5) is 33.2. The first-order valence-corrected chi connectivity index (χ1v) is 10.3. The van der Waals surface area contributed by atoms with E-state index in [1.807, 2.05) is 43.3 Å². The van der Waals surface area contributed by atoms with Crippen LogP contribution in [0.2, 0.25) is 0 Å². The molecule has 160 valence electrons. The Morgan fingerprint density at radius 1 is 1.07 bits per heavy atom. The van der Waals surface area contributed by atoms with Crippen LogP contribution in [0.1, 0.15) is 18.1 Å². The minimum atomic E-state index is -0.383. The number of hydrogen-bond donors (Lipinski definition) is 3. The molecule has 0 saturated carbocycles.